The van der Waals surface area contributed by atoms with Crippen LogP contribution in [-0.4, -0.2) is 19.9 Å². The van der Waals surface area contributed by atoms with Gasteiger partial charge in [-0.1, -0.05) is 152 Å². The van der Waals surface area contributed by atoms with Gasteiger partial charge in [-0.2, -0.15) is 0 Å². The highest BCUT2D eigenvalue weighted by molar-refractivity contribution is 5.94. The quantitative estimate of drug-likeness (QED) is 0.196. The maximum absolute atomic E-state index is 5.48. The third kappa shape index (κ3) is 4.11. The first kappa shape index (κ1) is 27.6. The van der Waals surface area contributed by atoms with Crippen molar-refractivity contribution >= 4 is 0 Å². The molecule has 2 aliphatic rings. The molecule has 4 nitrogen and oxygen atoms in total. The smallest absolute Gasteiger partial charge is 0.160 e. The van der Waals surface area contributed by atoms with Crippen LogP contribution in [0.25, 0.3) is 67.5 Å². The Labute approximate surface area is 284 Å². The van der Waals surface area contributed by atoms with Crippen molar-refractivity contribution in [3.8, 4) is 67.5 Å². The molecule has 49 heavy (non-hydrogen) atoms. The molecule has 0 bridgehead atoms. The largest absolute Gasteiger partial charge is 0.236 e. The Kier molecular flexibility index (Phi) is 6.06. The van der Waals surface area contributed by atoms with Crippen LogP contribution in [0.4, 0.5) is 0 Å². The normalized spacial score (nSPS) is 13.1. The van der Waals surface area contributed by atoms with Crippen molar-refractivity contribution in [2.24, 2.45) is 0 Å². The van der Waals surface area contributed by atoms with Gasteiger partial charge in [-0.15, -0.1) is 0 Å². The average Bonchev–Trinajstić information content (AvgIpc) is 3.66. The van der Waals surface area contributed by atoms with Crippen molar-refractivity contribution < 1.29 is 0 Å². The summed E-state index contributed by atoms with van der Waals surface area (Å²) in [6.07, 6.45) is 2.02. The van der Waals surface area contributed by atoms with E-state index in [2.05, 4.69) is 121 Å². The summed E-state index contributed by atoms with van der Waals surface area (Å²) in [4.78, 5) is 20.6. The molecule has 2 aliphatic carbocycles. The Bertz CT molecular complexity index is 2440. The van der Waals surface area contributed by atoms with Crippen LogP contribution < -0.4 is 0 Å². The number of aromatic nitrogens is 4. The molecule has 0 unspecified atom stereocenters. The van der Waals surface area contributed by atoms with Gasteiger partial charge in [0.05, 0.1) is 22.5 Å². The molecule has 0 aliphatic heterocycles. The van der Waals surface area contributed by atoms with Crippen molar-refractivity contribution in [2.45, 2.75) is 5.41 Å². The third-order valence-corrected chi connectivity index (χ3v) is 9.96. The van der Waals surface area contributed by atoms with E-state index in [0.29, 0.717) is 11.6 Å². The number of nitrogens with zero attached hydrogens (tertiary/aromatic N) is 4. The molecule has 1 spiro atoms. The third-order valence-electron chi connectivity index (χ3n) is 9.96. The summed E-state index contributed by atoms with van der Waals surface area (Å²) in [5.74, 6) is 1.34. The van der Waals surface area contributed by atoms with Crippen LogP contribution in [-0.2, 0) is 5.41 Å². The summed E-state index contributed by atoms with van der Waals surface area (Å²) in [6.45, 7) is 0. The molecule has 4 heteroatoms. The van der Waals surface area contributed by atoms with E-state index in [9.17, 15) is 0 Å². The summed E-state index contributed by atoms with van der Waals surface area (Å²) in [5.41, 5.74) is 14.7. The predicted octanol–water partition coefficient (Wildman–Crippen LogP) is 10.3. The maximum atomic E-state index is 5.48. The van der Waals surface area contributed by atoms with Gasteiger partial charge in [-0.25, -0.2) is 19.9 Å². The maximum Gasteiger partial charge on any atom is 0.160 e. The molecule has 0 fully saturated rings. The van der Waals surface area contributed by atoms with E-state index in [4.69, 9.17) is 19.9 Å². The number of hydrogen-bond donors (Lipinski definition) is 0. The molecule has 0 N–H and O–H groups in total. The fraction of sp³-hybridized carbons (Fsp3) is 0.0222. The monoisotopic (exact) mass is 624 g/mol. The van der Waals surface area contributed by atoms with Crippen molar-refractivity contribution in [3.63, 3.8) is 0 Å². The molecule has 2 heterocycles. The van der Waals surface area contributed by atoms with Crippen LogP contribution >= 0.6 is 0 Å². The average molecular weight is 625 g/mol. The number of fused-ring (bicyclic) bond motifs is 10. The zero-order valence-electron chi connectivity index (χ0n) is 26.5. The lowest BCUT2D eigenvalue weighted by Crippen LogP contribution is -2.27. The van der Waals surface area contributed by atoms with Crippen LogP contribution in [0.5, 0.6) is 0 Å². The van der Waals surface area contributed by atoms with Gasteiger partial charge in [-0.05, 0) is 45.5 Å². The van der Waals surface area contributed by atoms with E-state index in [0.717, 1.165) is 44.9 Å². The van der Waals surface area contributed by atoms with Gasteiger partial charge in [-0.3, -0.25) is 0 Å². The summed E-state index contributed by atoms with van der Waals surface area (Å²) in [7, 11) is 0. The Morgan fingerprint density at radius 3 is 1.35 bits per heavy atom. The molecule has 0 atom stereocenters. The van der Waals surface area contributed by atoms with E-state index < -0.39 is 5.41 Å². The van der Waals surface area contributed by atoms with Crippen LogP contribution in [0, 0.1) is 0 Å². The van der Waals surface area contributed by atoms with E-state index in [1.807, 2.05) is 48.7 Å². The summed E-state index contributed by atoms with van der Waals surface area (Å²) >= 11 is 0. The fourth-order valence-corrected chi connectivity index (χ4v) is 7.84. The summed E-state index contributed by atoms with van der Waals surface area (Å²) in [6, 6.07) is 57.2. The van der Waals surface area contributed by atoms with Gasteiger partial charge in [0.1, 0.15) is 0 Å². The first-order valence-corrected chi connectivity index (χ1v) is 16.6. The lowest BCUT2D eigenvalue weighted by Gasteiger charge is -2.29. The van der Waals surface area contributed by atoms with E-state index in [-0.39, 0.29) is 0 Å². The standard InChI is InChI=1S/C45H28N4/c1-3-14-29(15-4-1)40-27-41(30-16-5-2-6-17-30)48-44(47-40)32-19-13-18-31(26-32)43-46-28-36-35-22-9-12-25-39(35)45(42(36)49-43)37-23-10-7-20-33(37)34-21-8-11-24-38(34)45/h1-28H. The van der Waals surface area contributed by atoms with Crippen LogP contribution in [0.1, 0.15) is 22.4 Å². The fourth-order valence-electron chi connectivity index (χ4n) is 7.84. The van der Waals surface area contributed by atoms with Crippen molar-refractivity contribution in [1.29, 1.82) is 0 Å². The van der Waals surface area contributed by atoms with Gasteiger partial charge in [0.15, 0.2) is 11.6 Å². The van der Waals surface area contributed by atoms with E-state index >= 15 is 0 Å². The molecule has 0 saturated heterocycles. The predicted molar refractivity (Wildman–Crippen MR) is 196 cm³/mol. The van der Waals surface area contributed by atoms with Gasteiger partial charge < -0.3 is 0 Å². The molecule has 228 valence electrons. The zero-order chi connectivity index (χ0) is 32.4. The molecular weight excluding hydrogens is 597 g/mol. The van der Waals surface area contributed by atoms with Crippen LogP contribution in [0.15, 0.2) is 170 Å². The van der Waals surface area contributed by atoms with E-state index in [1.165, 1.54) is 33.4 Å². The Hall–Kier alpha value is -6.52. The minimum absolute atomic E-state index is 0.522. The Morgan fingerprint density at radius 2 is 0.796 bits per heavy atom. The number of hydrogen-bond acceptors (Lipinski definition) is 4. The lowest BCUT2D eigenvalue weighted by atomic mass is 9.72. The SMILES string of the molecule is c1ccc(-c2cc(-c3ccccc3)nc(-c3cccc(-c4ncc5c(n4)C4(c6ccccc6-c6ccccc64)c4ccccc4-5)c3)n2)cc1. The van der Waals surface area contributed by atoms with Gasteiger partial charge in [0, 0.05) is 34.0 Å². The highest BCUT2D eigenvalue weighted by Crippen LogP contribution is 2.62. The highest BCUT2D eigenvalue weighted by atomic mass is 14.9. The van der Waals surface area contributed by atoms with E-state index in [1.54, 1.807) is 0 Å². The second-order valence-electron chi connectivity index (χ2n) is 12.6. The second kappa shape index (κ2) is 10.8. The molecule has 2 aromatic heterocycles. The highest BCUT2D eigenvalue weighted by Gasteiger charge is 2.53. The first-order valence-electron chi connectivity index (χ1n) is 16.6. The van der Waals surface area contributed by atoms with Crippen molar-refractivity contribution in [2.75, 3.05) is 0 Å². The second-order valence-corrected chi connectivity index (χ2v) is 12.6. The Morgan fingerprint density at radius 1 is 0.347 bits per heavy atom. The van der Waals surface area contributed by atoms with Gasteiger partial charge in [0.2, 0.25) is 0 Å². The number of benzene rings is 6. The van der Waals surface area contributed by atoms with Crippen LogP contribution in [0.2, 0.25) is 0 Å². The van der Waals surface area contributed by atoms with Crippen molar-refractivity contribution in [3.05, 3.63) is 192 Å². The Balaban J connectivity index is 1.15. The summed E-state index contributed by atoms with van der Waals surface area (Å²) in [5, 5.41) is 0. The molecule has 10 rings (SSSR count). The van der Waals surface area contributed by atoms with Crippen molar-refractivity contribution in [1.82, 2.24) is 19.9 Å². The summed E-state index contributed by atoms with van der Waals surface area (Å²) < 4.78 is 0. The number of rotatable bonds is 4. The van der Waals surface area contributed by atoms with Gasteiger partial charge in [0.25, 0.3) is 0 Å². The minimum Gasteiger partial charge on any atom is -0.236 e. The first-order chi connectivity index (χ1) is 24.3. The zero-order valence-corrected chi connectivity index (χ0v) is 26.5. The molecule has 0 saturated carbocycles. The molecule has 6 aromatic carbocycles. The van der Waals surface area contributed by atoms with Gasteiger partial charge >= 0.3 is 0 Å². The lowest BCUT2D eigenvalue weighted by molar-refractivity contribution is 0.757. The molecule has 0 amide bonds. The minimum atomic E-state index is -0.522. The van der Waals surface area contributed by atoms with Crippen LogP contribution in [0.3, 0.4) is 0 Å². The molecule has 8 aromatic rings. The molecule has 0 radical (unpaired) electrons. The molecular formula is C45H28N4. The topological polar surface area (TPSA) is 51.6 Å².